The van der Waals surface area contributed by atoms with Gasteiger partial charge in [0, 0.05) is 12.2 Å². The van der Waals surface area contributed by atoms with Crippen LogP contribution >= 0.6 is 22.6 Å². The molecule has 24 heavy (non-hydrogen) atoms. The summed E-state index contributed by atoms with van der Waals surface area (Å²) in [6, 6.07) is 0. The second-order valence-corrected chi connectivity index (χ2v) is 11.0. The number of aliphatic hydroxyl groups is 1. The number of aromatic nitrogens is 2. The van der Waals surface area contributed by atoms with Crippen molar-refractivity contribution in [2.24, 2.45) is 16.2 Å². The molecule has 4 nitrogen and oxygen atoms in total. The van der Waals surface area contributed by atoms with E-state index in [0.29, 0.717) is 10.8 Å². The van der Waals surface area contributed by atoms with Gasteiger partial charge in [-0.05, 0) is 91.2 Å². The van der Waals surface area contributed by atoms with Gasteiger partial charge in [-0.3, -0.25) is 4.68 Å². The minimum absolute atomic E-state index is 0.152. The van der Waals surface area contributed by atoms with Gasteiger partial charge in [-0.25, -0.2) is 0 Å². The summed E-state index contributed by atoms with van der Waals surface area (Å²) >= 11 is 2.37. The Balaban J connectivity index is 1.72. The van der Waals surface area contributed by atoms with Gasteiger partial charge in [-0.2, -0.15) is 5.10 Å². The van der Waals surface area contributed by atoms with Gasteiger partial charge in [0.25, 0.3) is 0 Å². The van der Waals surface area contributed by atoms with Crippen LogP contribution in [0.15, 0.2) is 6.20 Å². The van der Waals surface area contributed by atoms with Crippen molar-refractivity contribution in [3.05, 3.63) is 15.5 Å². The molecule has 5 heteroatoms. The van der Waals surface area contributed by atoms with E-state index in [1.807, 2.05) is 6.20 Å². The Labute approximate surface area is 158 Å². The van der Waals surface area contributed by atoms with Crippen molar-refractivity contribution in [1.29, 1.82) is 0 Å². The summed E-state index contributed by atoms with van der Waals surface area (Å²) in [5.41, 5.74) is 2.01. The minimum Gasteiger partial charge on any atom is -0.368 e. The van der Waals surface area contributed by atoms with Crippen molar-refractivity contribution in [2.45, 2.75) is 84.7 Å². The van der Waals surface area contributed by atoms with E-state index in [1.54, 1.807) is 6.92 Å². The van der Waals surface area contributed by atoms with Gasteiger partial charge in [0.1, 0.15) is 0 Å². The SMILES string of the molecule is Cc1c(I)cnn1CC12CC3(C)CC(C)(C1)CC(OC(C)O)(C3)C2. The molecule has 4 saturated carbocycles. The van der Waals surface area contributed by atoms with Crippen LogP contribution in [0.25, 0.3) is 0 Å². The quantitative estimate of drug-likeness (QED) is 0.558. The molecule has 0 aliphatic heterocycles. The molecule has 0 aromatic carbocycles. The first kappa shape index (κ1) is 17.3. The summed E-state index contributed by atoms with van der Waals surface area (Å²) in [5, 5.41) is 14.6. The molecule has 0 radical (unpaired) electrons. The van der Waals surface area contributed by atoms with Gasteiger partial charge >= 0.3 is 0 Å². The predicted molar refractivity (Wildman–Crippen MR) is 102 cm³/mol. The Morgan fingerprint density at radius 2 is 1.83 bits per heavy atom. The molecule has 0 spiro atoms. The van der Waals surface area contributed by atoms with E-state index in [4.69, 9.17) is 4.74 Å². The Bertz CT molecular complexity index is 650. The number of aliphatic hydroxyl groups excluding tert-OH is 1. The van der Waals surface area contributed by atoms with Crippen molar-refractivity contribution in [2.75, 3.05) is 0 Å². The van der Waals surface area contributed by atoms with Crippen LogP contribution in [0.1, 0.15) is 65.0 Å². The Morgan fingerprint density at radius 3 is 2.33 bits per heavy atom. The van der Waals surface area contributed by atoms with Gasteiger partial charge < -0.3 is 9.84 Å². The normalized spacial score (nSPS) is 44.9. The van der Waals surface area contributed by atoms with E-state index in [1.165, 1.54) is 28.5 Å². The van der Waals surface area contributed by atoms with Gasteiger partial charge in [0.2, 0.25) is 0 Å². The van der Waals surface area contributed by atoms with Gasteiger partial charge in [-0.1, -0.05) is 13.8 Å². The van der Waals surface area contributed by atoms with E-state index >= 15 is 0 Å². The first-order valence-corrected chi connectivity index (χ1v) is 10.2. The third kappa shape index (κ3) is 2.75. The highest BCUT2D eigenvalue weighted by molar-refractivity contribution is 14.1. The zero-order chi connectivity index (χ0) is 17.4. The molecule has 1 aromatic heterocycles. The number of halogens is 1. The van der Waals surface area contributed by atoms with Crippen LogP contribution in [-0.4, -0.2) is 26.8 Å². The molecule has 4 aliphatic rings. The van der Waals surface area contributed by atoms with E-state index in [0.717, 1.165) is 25.8 Å². The number of nitrogens with zero attached hydrogens (tertiary/aromatic N) is 2. The molecule has 1 N–H and O–H groups in total. The average Bonchev–Trinajstić information content (AvgIpc) is 2.64. The highest BCUT2D eigenvalue weighted by Gasteiger charge is 2.66. The zero-order valence-electron chi connectivity index (χ0n) is 15.2. The van der Waals surface area contributed by atoms with Crippen LogP contribution in [0.3, 0.4) is 0 Å². The Morgan fingerprint density at radius 1 is 1.21 bits per heavy atom. The molecule has 0 saturated heterocycles. The van der Waals surface area contributed by atoms with E-state index in [9.17, 15) is 5.11 Å². The van der Waals surface area contributed by atoms with Crippen molar-refractivity contribution < 1.29 is 9.84 Å². The fourth-order valence-corrected chi connectivity index (χ4v) is 7.79. The molecule has 3 atom stereocenters. The molecule has 3 unspecified atom stereocenters. The maximum Gasteiger partial charge on any atom is 0.152 e. The van der Waals surface area contributed by atoms with E-state index in [-0.39, 0.29) is 11.0 Å². The number of rotatable bonds is 4. The van der Waals surface area contributed by atoms with Gasteiger partial charge in [0.05, 0.1) is 15.4 Å². The number of hydrogen-bond donors (Lipinski definition) is 1. The molecular formula is C19H29IN2O2. The fourth-order valence-electron chi connectivity index (χ4n) is 7.39. The molecule has 1 heterocycles. The monoisotopic (exact) mass is 444 g/mol. The smallest absolute Gasteiger partial charge is 0.152 e. The topological polar surface area (TPSA) is 47.3 Å². The summed E-state index contributed by atoms with van der Waals surface area (Å²) in [6.45, 7) is 9.79. The third-order valence-electron chi connectivity index (χ3n) is 6.60. The van der Waals surface area contributed by atoms with Crippen LogP contribution in [0.2, 0.25) is 0 Å². The lowest BCUT2D eigenvalue weighted by Crippen LogP contribution is -2.64. The Kier molecular flexibility index (Phi) is 3.74. The van der Waals surface area contributed by atoms with Crippen LogP contribution in [0.5, 0.6) is 0 Å². The second-order valence-electron chi connectivity index (χ2n) is 9.82. The lowest BCUT2D eigenvalue weighted by Gasteiger charge is -2.69. The predicted octanol–water partition coefficient (Wildman–Crippen LogP) is 4.27. The molecule has 4 aliphatic carbocycles. The van der Waals surface area contributed by atoms with Crippen molar-refractivity contribution in [3.63, 3.8) is 0 Å². The number of ether oxygens (including phenoxy) is 1. The largest absolute Gasteiger partial charge is 0.368 e. The van der Waals surface area contributed by atoms with E-state index in [2.05, 4.69) is 53.1 Å². The van der Waals surface area contributed by atoms with Crippen LogP contribution < -0.4 is 0 Å². The van der Waals surface area contributed by atoms with Crippen molar-refractivity contribution in [3.8, 4) is 0 Å². The highest BCUT2D eigenvalue weighted by Crippen LogP contribution is 2.72. The standard InChI is InChI=1S/C19H29IN2O2/c1-13-15(20)5-21-22(13)12-18-7-16(3)6-17(4,8-18)10-19(9-16,11-18)24-14(2)23/h5,14,23H,6-12H2,1-4H3. The van der Waals surface area contributed by atoms with Crippen molar-refractivity contribution in [1.82, 2.24) is 9.78 Å². The van der Waals surface area contributed by atoms with Crippen LogP contribution in [0.4, 0.5) is 0 Å². The van der Waals surface area contributed by atoms with E-state index < -0.39 is 6.29 Å². The highest BCUT2D eigenvalue weighted by atomic mass is 127. The van der Waals surface area contributed by atoms with Crippen molar-refractivity contribution >= 4 is 22.6 Å². The maximum absolute atomic E-state index is 9.96. The van der Waals surface area contributed by atoms with Gasteiger partial charge in [0.15, 0.2) is 6.29 Å². The zero-order valence-corrected chi connectivity index (χ0v) is 17.4. The molecule has 0 amide bonds. The first-order chi connectivity index (χ1) is 11.1. The summed E-state index contributed by atoms with van der Waals surface area (Å²) in [5.74, 6) is 0. The fraction of sp³-hybridized carbons (Fsp3) is 0.842. The molecule has 5 rings (SSSR count). The summed E-state index contributed by atoms with van der Waals surface area (Å²) in [6.07, 6.45) is 8.36. The van der Waals surface area contributed by atoms with Gasteiger partial charge in [-0.15, -0.1) is 0 Å². The second kappa shape index (κ2) is 5.19. The summed E-state index contributed by atoms with van der Waals surface area (Å²) < 4.78 is 9.65. The molecular weight excluding hydrogens is 415 g/mol. The van der Waals surface area contributed by atoms with Crippen LogP contribution in [0, 0.1) is 26.7 Å². The lowest BCUT2D eigenvalue weighted by molar-refractivity contribution is -0.287. The molecule has 1 aromatic rings. The summed E-state index contributed by atoms with van der Waals surface area (Å²) in [7, 11) is 0. The maximum atomic E-state index is 9.96. The first-order valence-electron chi connectivity index (χ1n) is 9.10. The van der Waals surface area contributed by atoms with Crippen LogP contribution in [-0.2, 0) is 11.3 Å². The summed E-state index contributed by atoms with van der Waals surface area (Å²) in [4.78, 5) is 0. The molecule has 4 bridgehead atoms. The Hall–Kier alpha value is -0.140. The molecule has 4 fully saturated rings. The third-order valence-corrected chi connectivity index (χ3v) is 7.66. The number of hydrogen-bond acceptors (Lipinski definition) is 3. The lowest BCUT2D eigenvalue weighted by atomic mass is 9.39. The average molecular weight is 444 g/mol. The molecule has 134 valence electrons. The minimum atomic E-state index is -0.683.